The van der Waals surface area contributed by atoms with Crippen LogP contribution in [-0.2, 0) is 5.41 Å². The molecule has 0 aliphatic heterocycles. The molecule has 0 fully saturated rings. The molecule has 1 aliphatic rings. The fourth-order valence-electron chi connectivity index (χ4n) is 7.75. The molecule has 51 heavy (non-hydrogen) atoms. The molecule has 8 aromatic rings. The monoisotopic (exact) mass is 651 g/mol. The Kier molecular flexibility index (Phi) is 7.55. The summed E-state index contributed by atoms with van der Waals surface area (Å²) in [5.41, 5.74) is 19.2. The van der Waals surface area contributed by atoms with Crippen LogP contribution < -0.4 is 0 Å². The van der Waals surface area contributed by atoms with E-state index in [2.05, 4.69) is 196 Å². The number of pyridine rings is 1. The van der Waals surface area contributed by atoms with Gasteiger partial charge in [-0.2, -0.15) is 0 Å². The van der Waals surface area contributed by atoms with Crippen molar-refractivity contribution in [2.75, 3.05) is 0 Å². The summed E-state index contributed by atoms with van der Waals surface area (Å²) in [4.78, 5) is 5.18. The van der Waals surface area contributed by atoms with Crippen molar-refractivity contribution in [3.63, 3.8) is 0 Å². The quantitative estimate of drug-likeness (QED) is 0.174. The fourth-order valence-corrected chi connectivity index (χ4v) is 7.75. The zero-order valence-electron chi connectivity index (χ0n) is 28.8. The Hall–Kier alpha value is -6.31. The van der Waals surface area contributed by atoms with Gasteiger partial charge in [-0.25, -0.2) is 4.98 Å². The molecule has 0 saturated carbocycles. The van der Waals surface area contributed by atoms with Crippen molar-refractivity contribution in [3.8, 4) is 78.1 Å². The summed E-state index contributed by atoms with van der Waals surface area (Å²) >= 11 is 0. The van der Waals surface area contributed by atoms with Crippen LogP contribution in [0.3, 0.4) is 0 Å². The average Bonchev–Trinajstić information content (AvgIpc) is 3.44. The molecule has 0 spiro atoms. The molecular weight excluding hydrogens is 615 g/mol. The van der Waals surface area contributed by atoms with Crippen LogP contribution in [0.2, 0.25) is 0 Å². The van der Waals surface area contributed by atoms with E-state index in [4.69, 9.17) is 4.98 Å². The third-order valence-electron chi connectivity index (χ3n) is 10.5. The fraction of sp³-hybridized carbons (Fsp3) is 0.0600. The molecule has 0 amide bonds. The Morgan fingerprint density at radius 3 is 1.33 bits per heavy atom. The second kappa shape index (κ2) is 12.5. The molecule has 0 bridgehead atoms. The van der Waals surface area contributed by atoms with Gasteiger partial charge in [0, 0.05) is 16.5 Å². The summed E-state index contributed by atoms with van der Waals surface area (Å²) in [6, 6.07) is 67.9. The zero-order chi connectivity index (χ0) is 34.4. The van der Waals surface area contributed by atoms with Crippen molar-refractivity contribution in [1.29, 1.82) is 0 Å². The molecule has 1 aromatic heterocycles. The van der Waals surface area contributed by atoms with Gasteiger partial charge in [0.2, 0.25) is 0 Å². The lowest BCUT2D eigenvalue weighted by molar-refractivity contribution is 0.660. The van der Waals surface area contributed by atoms with Crippen LogP contribution in [0.25, 0.3) is 78.1 Å². The topological polar surface area (TPSA) is 12.9 Å². The molecule has 0 saturated heterocycles. The first-order valence-corrected chi connectivity index (χ1v) is 17.7. The van der Waals surface area contributed by atoms with Gasteiger partial charge in [0.25, 0.3) is 0 Å². The van der Waals surface area contributed by atoms with Gasteiger partial charge in [0.1, 0.15) is 0 Å². The van der Waals surface area contributed by atoms with Crippen LogP contribution in [0.4, 0.5) is 0 Å². The number of aromatic nitrogens is 1. The van der Waals surface area contributed by atoms with Crippen molar-refractivity contribution in [3.05, 3.63) is 199 Å². The van der Waals surface area contributed by atoms with E-state index >= 15 is 0 Å². The van der Waals surface area contributed by atoms with Crippen LogP contribution >= 0.6 is 0 Å². The van der Waals surface area contributed by atoms with Gasteiger partial charge < -0.3 is 0 Å². The van der Waals surface area contributed by atoms with Gasteiger partial charge in [0.15, 0.2) is 0 Å². The summed E-state index contributed by atoms with van der Waals surface area (Å²) in [5.74, 6) is 0. The van der Waals surface area contributed by atoms with E-state index in [0.29, 0.717) is 0 Å². The molecule has 242 valence electrons. The first-order chi connectivity index (χ1) is 25.0. The smallest absolute Gasteiger partial charge is 0.0715 e. The Morgan fingerprint density at radius 2 is 0.725 bits per heavy atom. The summed E-state index contributed by atoms with van der Waals surface area (Å²) in [6.45, 7) is 4.67. The molecule has 7 aromatic carbocycles. The molecule has 1 aliphatic carbocycles. The Labute approximate surface area is 300 Å². The lowest BCUT2D eigenvalue weighted by Gasteiger charge is -2.21. The molecular formula is C50H37N. The molecule has 1 heterocycles. The highest BCUT2D eigenvalue weighted by Gasteiger charge is 2.35. The number of nitrogens with zero attached hydrogens (tertiary/aromatic N) is 1. The molecule has 1 nitrogen and oxygen atoms in total. The summed E-state index contributed by atoms with van der Waals surface area (Å²) in [7, 11) is 0. The maximum Gasteiger partial charge on any atom is 0.0715 e. The van der Waals surface area contributed by atoms with Gasteiger partial charge in [-0.15, -0.1) is 0 Å². The van der Waals surface area contributed by atoms with Gasteiger partial charge in [0.05, 0.1) is 11.4 Å². The normalized spacial score (nSPS) is 12.7. The molecule has 9 rings (SSSR count). The van der Waals surface area contributed by atoms with Gasteiger partial charge in [-0.3, -0.25) is 0 Å². The lowest BCUT2D eigenvalue weighted by atomic mass is 9.82. The number of benzene rings is 7. The van der Waals surface area contributed by atoms with Crippen LogP contribution in [0.15, 0.2) is 188 Å². The third kappa shape index (κ3) is 5.67. The SMILES string of the molecule is CC1(C)c2ccccc2-c2cc(-c3cccc(-c4cccc(-c5cccc(-c6cc(-c7ccccc7)cc(-c7ccccc7)n6)c5)c4)c3)ccc21. The summed E-state index contributed by atoms with van der Waals surface area (Å²) < 4.78 is 0. The Morgan fingerprint density at radius 1 is 0.294 bits per heavy atom. The van der Waals surface area contributed by atoms with E-state index in [1.807, 2.05) is 6.07 Å². The predicted molar refractivity (Wildman–Crippen MR) is 214 cm³/mol. The van der Waals surface area contributed by atoms with Crippen LogP contribution in [0, 0.1) is 0 Å². The van der Waals surface area contributed by atoms with Gasteiger partial charge in [-0.1, -0.05) is 166 Å². The minimum Gasteiger partial charge on any atom is -0.248 e. The summed E-state index contributed by atoms with van der Waals surface area (Å²) in [6.07, 6.45) is 0. The summed E-state index contributed by atoms with van der Waals surface area (Å²) in [5, 5.41) is 0. The molecule has 0 atom stereocenters. The van der Waals surface area contributed by atoms with Crippen LogP contribution in [0.1, 0.15) is 25.0 Å². The highest BCUT2D eigenvalue weighted by atomic mass is 14.7. The minimum atomic E-state index is 0.00892. The zero-order valence-corrected chi connectivity index (χ0v) is 28.8. The second-order valence-corrected chi connectivity index (χ2v) is 14.0. The molecule has 1 heteroatoms. The van der Waals surface area contributed by atoms with Gasteiger partial charge in [-0.05, 0) is 103 Å². The first-order valence-electron chi connectivity index (χ1n) is 17.7. The van der Waals surface area contributed by atoms with E-state index in [0.717, 1.165) is 28.1 Å². The standard InChI is InChI=1S/C50H37N/c1-50(2)46-25-10-9-24-44(46)45-31-41(26-27-47(45)50)39-21-12-19-37(29-39)36-18-11-20-38(28-36)40-22-13-23-42(30-40)49-33-43(34-14-5-3-6-15-34)32-48(51-49)35-16-7-4-8-17-35/h3-33H,1-2H3. The van der Waals surface area contributed by atoms with E-state index < -0.39 is 0 Å². The highest BCUT2D eigenvalue weighted by molar-refractivity contribution is 5.86. The number of hydrogen-bond acceptors (Lipinski definition) is 1. The van der Waals surface area contributed by atoms with Crippen molar-refractivity contribution in [2.45, 2.75) is 19.3 Å². The van der Waals surface area contributed by atoms with Crippen LogP contribution in [0.5, 0.6) is 0 Å². The molecule has 0 radical (unpaired) electrons. The van der Waals surface area contributed by atoms with Crippen LogP contribution in [-0.4, -0.2) is 4.98 Å². The predicted octanol–water partition coefficient (Wildman–Crippen LogP) is 13.4. The number of fused-ring (bicyclic) bond motifs is 3. The second-order valence-electron chi connectivity index (χ2n) is 14.0. The van der Waals surface area contributed by atoms with Gasteiger partial charge >= 0.3 is 0 Å². The van der Waals surface area contributed by atoms with E-state index in [9.17, 15) is 0 Å². The molecule has 0 unspecified atom stereocenters. The van der Waals surface area contributed by atoms with E-state index in [1.54, 1.807) is 0 Å². The van der Waals surface area contributed by atoms with E-state index in [-0.39, 0.29) is 5.41 Å². The maximum atomic E-state index is 5.18. The Bertz CT molecular complexity index is 2480. The van der Waals surface area contributed by atoms with E-state index in [1.165, 1.54) is 61.2 Å². The largest absolute Gasteiger partial charge is 0.248 e. The molecule has 0 N–H and O–H groups in total. The van der Waals surface area contributed by atoms with Crippen molar-refractivity contribution in [1.82, 2.24) is 4.98 Å². The number of rotatable bonds is 6. The minimum absolute atomic E-state index is 0.00892. The Balaban J connectivity index is 1.06. The van der Waals surface area contributed by atoms with Crippen molar-refractivity contribution >= 4 is 0 Å². The number of hydrogen-bond donors (Lipinski definition) is 0. The maximum absolute atomic E-state index is 5.18. The van der Waals surface area contributed by atoms with Crippen molar-refractivity contribution in [2.24, 2.45) is 0 Å². The first kappa shape index (κ1) is 30.7. The average molecular weight is 652 g/mol. The third-order valence-corrected chi connectivity index (χ3v) is 10.5. The lowest BCUT2D eigenvalue weighted by Crippen LogP contribution is -2.14. The highest BCUT2D eigenvalue weighted by Crippen LogP contribution is 2.49. The van der Waals surface area contributed by atoms with Crippen molar-refractivity contribution < 1.29 is 0 Å².